The number of aliphatic imine (C=N–C) groups is 1. The normalized spacial score (nSPS) is 13.7. The molecule has 0 aliphatic rings. The molecule has 0 saturated heterocycles. The molecule has 0 radical (unpaired) electrons. The van der Waals surface area contributed by atoms with Gasteiger partial charge in [-0.1, -0.05) is 6.07 Å². The van der Waals surface area contributed by atoms with Gasteiger partial charge in [0, 0.05) is 29.7 Å². The molecule has 0 aliphatic carbocycles. The third-order valence-electron chi connectivity index (χ3n) is 5.16. The highest BCUT2D eigenvalue weighted by atomic mass is 31.1. The summed E-state index contributed by atoms with van der Waals surface area (Å²) in [5.74, 6) is 2.77. The Balaban J connectivity index is 4.47. The predicted octanol–water partition coefficient (Wildman–Crippen LogP) is 9.08. The molecule has 10 heteroatoms. The van der Waals surface area contributed by atoms with Gasteiger partial charge in [-0.05, 0) is 94.2 Å². The van der Waals surface area contributed by atoms with Crippen LogP contribution < -0.4 is 0 Å². The molecule has 0 heterocycles. The van der Waals surface area contributed by atoms with E-state index in [2.05, 4.69) is 10.9 Å². The van der Waals surface area contributed by atoms with Gasteiger partial charge in [0.2, 0.25) is 0 Å². The van der Waals surface area contributed by atoms with E-state index in [1.165, 1.54) is 0 Å². The van der Waals surface area contributed by atoms with Gasteiger partial charge in [0.05, 0.1) is 30.2 Å². The van der Waals surface area contributed by atoms with Crippen LogP contribution in [0.15, 0.2) is 23.2 Å². The van der Waals surface area contributed by atoms with Gasteiger partial charge in [-0.25, -0.2) is 4.99 Å². The van der Waals surface area contributed by atoms with E-state index in [1.54, 1.807) is 20.8 Å². The lowest BCUT2D eigenvalue weighted by Gasteiger charge is -2.48. The fourth-order valence-electron chi connectivity index (χ4n) is 4.12. The Kier molecular flexibility index (Phi) is 10.9. The van der Waals surface area contributed by atoms with E-state index in [0.717, 1.165) is 6.07 Å². The molecular formula is C26H40F6N3P. The fraction of sp³-hybridized carbons (Fsp3) is 0.692. The van der Waals surface area contributed by atoms with Gasteiger partial charge in [-0.2, -0.15) is 26.3 Å². The molecule has 0 saturated carbocycles. The van der Waals surface area contributed by atoms with Gasteiger partial charge in [-0.15, -0.1) is 0 Å². The number of benzene rings is 1. The summed E-state index contributed by atoms with van der Waals surface area (Å²) in [6, 6.07) is 1.54. The van der Waals surface area contributed by atoms with Crippen molar-refractivity contribution in [2.24, 2.45) is 4.99 Å². The van der Waals surface area contributed by atoms with Crippen molar-refractivity contribution in [1.29, 1.82) is 0 Å². The highest BCUT2D eigenvalue weighted by Gasteiger charge is 2.46. The lowest BCUT2D eigenvalue weighted by Crippen LogP contribution is -2.43. The van der Waals surface area contributed by atoms with Crippen LogP contribution >= 0.6 is 8.22 Å². The highest BCUT2D eigenvalue weighted by Crippen LogP contribution is 2.61. The maximum Gasteiger partial charge on any atom is 0.417 e. The van der Waals surface area contributed by atoms with Crippen molar-refractivity contribution in [3.63, 3.8) is 0 Å². The highest BCUT2D eigenvalue weighted by molar-refractivity contribution is 7.64. The number of rotatable bonds is 8. The van der Waals surface area contributed by atoms with Crippen LogP contribution in [0.4, 0.5) is 26.3 Å². The molecule has 0 atom stereocenters. The Hall–Kier alpha value is -1.40. The van der Waals surface area contributed by atoms with Crippen LogP contribution in [0.25, 0.3) is 5.31 Å². The Labute approximate surface area is 213 Å². The first kappa shape index (κ1) is 32.6. The topological polar surface area (TPSA) is 18.8 Å². The minimum atomic E-state index is -5.01. The minimum Gasteiger partial charge on any atom is -0.261 e. The molecule has 0 aromatic heterocycles. The molecule has 0 bridgehead atoms. The van der Waals surface area contributed by atoms with Crippen molar-refractivity contribution in [1.82, 2.24) is 9.34 Å². The van der Waals surface area contributed by atoms with E-state index >= 15 is 0 Å². The van der Waals surface area contributed by atoms with Crippen molar-refractivity contribution in [2.75, 3.05) is 0 Å². The molecule has 3 nitrogen and oxygen atoms in total. The molecule has 0 aliphatic heterocycles. The first-order chi connectivity index (χ1) is 16.1. The molecule has 0 fully saturated rings. The minimum absolute atomic E-state index is 0.171. The summed E-state index contributed by atoms with van der Waals surface area (Å²) in [5.41, 5.74) is -4.33. The van der Waals surface area contributed by atoms with Crippen LogP contribution in [0.1, 0.15) is 92.9 Å². The van der Waals surface area contributed by atoms with Gasteiger partial charge >= 0.3 is 12.4 Å². The van der Waals surface area contributed by atoms with Crippen molar-refractivity contribution < 1.29 is 26.3 Å². The van der Waals surface area contributed by atoms with Crippen LogP contribution in [-0.4, -0.2) is 44.9 Å². The van der Waals surface area contributed by atoms with Gasteiger partial charge in [0.15, 0.2) is 0 Å². The van der Waals surface area contributed by atoms with E-state index < -0.39 is 42.8 Å². The van der Waals surface area contributed by atoms with Gasteiger partial charge in [0.1, 0.15) is 0 Å². The average Bonchev–Trinajstić information content (AvgIpc) is 2.64. The summed E-state index contributed by atoms with van der Waals surface area (Å²) in [6.45, 7) is 20.3. The molecular weight excluding hydrogens is 499 g/mol. The van der Waals surface area contributed by atoms with E-state index in [4.69, 9.17) is 0 Å². The molecule has 0 N–H and O–H groups in total. The molecule has 36 heavy (non-hydrogen) atoms. The lowest BCUT2D eigenvalue weighted by molar-refractivity contribution is -0.143. The molecule has 1 aromatic rings. The fourth-order valence-corrected chi connectivity index (χ4v) is 7.15. The number of halogens is 6. The maximum atomic E-state index is 14.3. The summed E-state index contributed by atoms with van der Waals surface area (Å²) in [4.78, 5) is 4.34. The molecule has 1 aromatic carbocycles. The van der Waals surface area contributed by atoms with Gasteiger partial charge in [0.25, 0.3) is 0 Å². The Bertz CT molecular complexity index is 868. The van der Waals surface area contributed by atoms with E-state index in [9.17, 15) is 26.3 Å². The zero-order valence-corrected chi connectivity index (χ0v) is 24.0. The molecule has 1 rings (SSSR count). The van der Waals surface area contributed by atoms with Crippen molar-refractivity contribution >= 4 is 19.4 Å². The second-order valence-electron chi connectivity index (χ2n) is 10.9. The second-order valence-corrected chi connectivity index (χ2v) is 12.8. The first-order valence-electron chi connectivity index (χ1n) is 12.1. The first-order valence-corrected chi connectivity index (χ1v) is 13.3. The number of nitrogens with zero attached hydrogens (tertiary/aromatic N) is 3. The van der Waals surface area contributed by atoms with Crippen LogP contribution in [0, 0.1) is 0 Å². The zero-order chi connectivity index (χ0) is 28.4. The van der Waals surface area contributed by atoms with Crippen molar-refractivity contribution in [2.45, 2.75) is 118 Å². The van der Waals surface area contributed by atoms with Gasteiger partial charge in [-0.3, -0.25) is 9.34 Å². The largest absolute Gasteiger partial charge is 0.417 e. The molecule has 206 valence electrons. The zero-order valence-electron chi connectivity index (χ0n) is 23.1. The summed E-state index contributed by atoms with van der Waals surface area (Å²) in [5, 5.41) is -0.176. The quantitative estimate of drug-likeness (QED) is 0.186. The lowest BCUT2D eigenvalue weighted by atomic mass is 9.99. The predicted molar refractivity (Wildman–Crippen MR) is 138 cm³/mol. The van der Waals surface area contributed by atoms with Crippen molar-refractivity contribution in [3.8, 4) is 0 Å². The van der Waals surface area contributed by atoms with Crippen LogP contribution in [-0.2, 0) is 12.4 Å². The number of hydrogen-bond donors (Lipinski definition) is 0. The van der Waals surface area contributed by atoms with Crippen molar-refractivity contribution in [3.05, 3.63) is 34.9 Å². The smallest absolute Gasteiger partial charge is 0.261 e. The van der Waals surface area contributed by atoms with Gasteiger partial charge < -0.3 is 0 Å². The standard InChI is InChI=1S/C26H40F6N3P/c1-16(2)34(17(3)4)36(35(18(5)6)19(7)8)22(15-33-24(9,10)11)23-20(25(27,28)29)13-12-14-21(23)26(30,31)32/h12-14,16-19H,1-11H3. The summed E-state index contributed by atoms with van der Waals surface area (Å²) in [7, 11) is -1.89. The Morgan fingerprint density at radius 3 is 1.31 bits per heavy atom. The van der Waals surface area contributed by atoms with E-state index in [0.29, 0.717) is 12.1 Å². The SMILES string of the molecule is CC(C)N(C(C)C)P(C(=C=NC(C)(C)C)c1c(C(F)(F)F)cccc1C(F)(F)F)N(C(C)C)C(C)C. The van der Waals surface area contributed by atoms with Crippen LogP contribution in [0.5, 0.6) is 0 Å². The third-order valence-corrected chi connectivity index (χ3v) is 8.61. The maximum absolute atomic E-state index is 14.3. The Morgan fingerprint density at radius 2 is 1.06 bits per heavy atom. The number of hydrogen-bond acceptors (Lipinski definition) is 3. The van der Waals surface area contributed by atoms with E-state index in [1.807, 2.05) is 64.7 Å². The summed E-state index contributed by atoms with van der Waals surface area (Å²) in [6.07, 6.45) is -10.0. The molecule has 0 unspecified atom stereocenters. The van der Waals surface area contributed by atoms with Crippen LogP contribution in [0.2, 0.25) is 0 Å². The molecule has 0 spiro atoms. The van der Waals surface area contributed by atoms with E-state index in [-0.39, 0.29) is 29.5 Å². The summed E-state index contributed by atoms with van der Waals surface area (Å²) >= 11 is 0. The Morgan fingerprint density at radius 1 is 0.722 bits per heavy atom. The third kappa shape index (κ3) is 8.31. The van der Waals surface area contributed by atoms with Crippen LogP contribution in [0.3, 0.4) is 0 Å². The second kappa shape index (κ2) is 12.0. The molecule has 0 amide bonds. The average molecular weight is 540 g/mol. The number of alkyl halides is 6. The monoisotopic (exact) mass is 539 g/mol. The summed E-state index contributed by atoms with van der Waals surface area (Å²) < 4.78 is 89.7.